The molecule has 2 rings (SSSR count). The van der Waals surface area contributed by atoms with Crippen LogP contribution in [0, 0.1) is 17.0 Å². The Bertz CT molecular complexity index is 428. The Balaban J connectivity index is 2.11. The van der Waals surface area contributed by atoms with Gasteiger partial charge in [0, 0.05) is 11.6 Å². The molecule has 0 spiro atoms. The minimum atomic E-state index is -0.376. The Kier molecular flexibility index (Phi) is 3.28. The lowest BCUT2D eigenvalue weighted by atomic mass is 9.89. The summed E-state index contributed by atoms with van der Waals surface area (Å²) >= 11 is 0. The van der Waals surface area contributed by atoms with Crippen molar-refractivity contribution < 1.29 is 9.66 Å². The maximum Gasteiger partial charge on any atom is 0.313 e. The van der Waals surface area contributed by atoms with Gasteiger partial charge in [-0.2, -0.15) is 0 Å². The first kappa shape index (κ1) is 11.9. The van der Waals surface area contributed by atoms with Crippen molar-refractivity contribution in [2.45, 2.75) is 31.9 Å². The predicted molar refractivity (Wildman–Crippen MR) is 64.3 cm³/mol. The highest BCUT2D eigenvalue weighted by molar-refractivity contribution is 5.52. The Morgan fingerprint density at radius 2 is 2.18 bits per heavy atom. The minimum Gasteiger partial charge on any atom is -0.483 e. The Hall–Kier alpha value is -1.62. The highest BCUT2D eigenvalue weighted by atomic mass is 16.6. The van der Waals surface area contributed by atoms with E-state index in [0.29, 0.717) is 17.4 Å². The third kappa shape index (κ3) is 2.39. The van der Waals surface area contributed by atoms with Crippen molar-refractivity contribution in [1.82, 2.24) is 5.32 Å². The SMILES string of the molecule is CNC1CC(Oc2cccc(C)c2[N+](=O)[O-])C1. The smallest absolute Gasteiger partial charge is 0.313 e. The molecule has 1 fully saturated rings. The van der Waals surface area contributed by atoms with E-state index in [-0.39, 0.29) is 16.7 Å². The van der Waals surface area contributed by atoms with E-state index >= 15 is 0 Å². The number of hydrogen-bond donors (Lipinski definition) is 1. The van der Waals surface area contributed by atoms with Crippen molar-refractivity contribution in [3.05, 3.63) is 33.9 Å². The molecule has 17 heavy (non-hydrogen) atoms. The average molecular weight is 236 g/mol. The van der Waals surface area contributed by atoms with Crippen LogP contribution in [0.15, 0.2) is 18.2 Å². The van der Waals surface area contributed by atoms with Crippen LogP contribution in [-0.2, 0) is 0 Å². The van der Waals surface area contributed by atoms with Gasteiger partial charge >= 0.3 is 5.69 Å². The lowest BCUT2D eigenvalue weighted by Crippen LogP contribution is -2.45. The van der Waals surface area contributed by atoms with Crippen LogP contribution in [0.5, 0.6) is 5.75 Å². The van der Waals surface area contributed by atoms with Gasteiger partial charge in [0.2, 0.25) is 0 Å². The monoisotopic (exact) mass is 236 g/mol. The van der Waals surface area contributed by atoms with Crippen LogP contribution in [0.2, 0.25) is 0 Å². The second-order valence-corrected chi connectivity index (χ2v) is 4.38. The fraction of sp³-hybridized carbons (Fsp3) is 0.500. The van der Waals surface area contributed by atoms with Crippen molar-refractivity contribution in [2.24, 2.45) is 0 Å². The van der Waals surface area contributed by atoms with Gasteiger partial charge in [-0.05, 0) is 32.9 Å². The van der Waals surface area contributed by atoms with Crippen LogP contribution in [0.3, 0.4) is 0 Å². The molecule has 92 valence electrons. The number of aryl methyl sites for hydroxylation is 1. The van der Waals surface area contributed by atoms with E-state index in [0.717, 1.165) is 12.8 Å². The molecule has 0 aliphatic heterocycles. The first-order valence-electron chi connectivity index (χ1n) is 5.69. The van der Waals surface area contributed by atoms with Crippen LogP contribution in [0.4, 0.5) is 5.69 Å². The number of ether oxygens (including phenoxy) is 1. The van der Waals surface area contributed by atoms with Crippen molar-refractivity contribution in [3.63, 3.8) is 0 Å². The quantitative estimate of drug-likeness (QED) is 0.641. The highest BCUT2D eigenvalue weighted by Crippen LogP contribution is 2.34. The molecule has 1 aliphatic carbocycles. The van der Waals surface area contributed by atoms with E-state index < -0.39 is 0 Å². The van der Waals surface area contributed by atoms with E-state index in [4.69, 9.17) is 4.74 Å². The van der Waals surface area contributed by atoms with Gasteiger partial charge in [0.25, 0.3) is 0 Å². The van der Waals surface area contributed by atoms with Gasteiger partial charge < -0.3 is 10.1 Å². The molecule has 0 radical (unpaired) electrons. The number of rotatable bonds is 4. The molecule has 0 bridgehead atoms. The zero-order chi connectivity index (χ0) is 12.4. The molecule has 5 heteroatoms. The molecule has 1 aromatic carbocycles. The Morgan fingerprint density at radius 3 is 2.76 bits per heavy atom. The summed E-state index contributed by atoms with van der Waals surface area (Å²) in [4.78, 5) is 10.6. The fourth-order valence-electron chi connectivity index (χ4n) is 2.04. The van der Waals surface area contributed by atoms with E-state index in [1.54, 1.807) is 25.1 Å². The lowest BCUT2D eigenvalue weighted by molar-refractivity contribution is -0.386. The molecule has 0 heterocycles. The van der Waals surface area contributed by atoms with Gasteiger partial charge in [-0.3, -0.25) is 10.1 Å². The summed E-state index contributed by atoms with van der Waals surface area (Å²) in [5.41, 5.74) is 0.720. The molecule has 0 amide bonds. The predicted octanol–water partition coefficient (Wildman–Crippen LogP) is 2.03. The lowest BCUT2D eigenvalue weighted by Gasteiger charge is -2.34. The molecular formula is C12H16N2O3. The number of nitrogens with zero attached hydrogens (tertiary/aromatic N) is 1. The van der Waals surface area contributed by atoms with Crippen LogP contribution in [0.25, 0.3) is 0 Å². The summed E-state index contributed by atoms with van der Waals surface area (Å²) in [5, 5.41) is 14.1. The largest absolute Gasteiger partial charge is 0.483 e. The van der Waals surface area contributed by atoms with Gasteiger partial charge in [0.1, 0.15) is 6.10 Å². The normalized spacial score (nSPS) is 22.9. The zero-order valence-electron chi connectivity index (χ0n) is 9.97. The van der Waals surface area contributed by atoms with Crippen molar-refractivity contribution in [1.29, 1.82) is 0 Å². The van der Waals surface area contributed by atoms with E-state index in [9.17, 15) is 10.1 Å². The maximum absolute atomic E-state index is 11.0. The summed E-state index contributed by atoms with van der Waals surface area (Å²) in [6.45, 7) is 1.72. The molecule has 1 aromatic rings. The highest BCUT2D eigenvalue weighted by Gasteiger charge is 2.31. The average Bonchev–Trinajstić information content (AvgIpc) is 2.22. The molecule has 1 N–H and O–H groups in total. The second-order valence-electron chi connectivity index (χ2n) is 4.38. The van der Waals surface area contributed by atoms with Gasteiger partial charge in [-0.1, -0.05) is 12.1 Å². The summed E-state index contributed by atoms with van der Waals surface area (Å²) in [6.07, 6.45) is 1.90. The Labute approximate surface area is 99.9 Å². The van der Waals surface area contributed by atoms with Gasteiger partial charge in [0.15, 0.2) is 5.75 Å². The Morgan fingerprint density at radius 1 is 1.47 bits per heavy atom. The van der Waals surface area contributed by atoms with Crippen LogP contribution in [0.1, 0.15) is 18.4 Å². The first-order chi connectivity index (χ1) is 8.11. The number of para-hydroxylation sites is 1. The third-order valence-corrected chi connectivity index (χ3v) is 3.18. The zero-order valence-corrected chi connectivity index (χ0v) is 9.97. The van der Waals surface area contributed by atoms with Gasteiger partial charge in [0.05, 0.1) is 4.92 Å². The van der Waals surface area contributed by atoms with Crippen molar-refractivity contribution >= 4 is 5.69 Å². The second kappa shape index (κ2) is 4.71. The molecule has 0 atom stereocenters. The third-order valence-electron chi connectivity index (χ3n) is 3.18. The standard InChI is InChI=1S/C12H16N2O3/c1-8-4-3-5-11(12(8)14(15)16)17-10-6-9(7-10)13-2/h3-5,9-10,13H,6-7H2,1-2H3. The van der Waals surface area contributed by atoms with Crippen molar-refractivity contribution in [2.75, 3.05) is 7.05 Å². The van der Waals surface area contributed by atoms with E-state index in [2.05, 4.69) is 5.32 Å². The van der Waals surface area contributed by atoms with Crippen LogP contribution < -0.4 is 10.1 Å². The molecule has 1 saturated carbocycles. The van der Waals surface area contributed by atoms with Crippen molar-refractivity contribution in [3.8, 4) is 5.75 Å². The molecule has 0 saturated heterocycles. The number of nitrogens with one attached hydrogen (secondary N) is 1. The van der Waals surface area contributed by atoms with E-state index in [1.807, 2.05) is 7.05 Å². The molecule has 1 aliphatic rings. The summed E-state index contributed by atoms with van der Waals surface area (Å²) in [5.74, 6) is 0.384. The molecule has 0 unspecified atom stereocenters. The number of hydrogen-bond acceptors (Lipinski definition) is 4. The van der Waals surface area contributed by atoms with Crippen LogP contribution in [-0.4, -0.2) is 24.1 Å². The molecule has 0 aromatic heterocycles. The summed E-state index contributed by atoms with van der Waals surface area (Å²) < 4.78 is 5.67. The van der Waals surface area contributed by atoms with E-state index in [1.165, 1.54) is 0 Å². The van der Waals surface area contributed by atoms with Gasteiger partial charge in [-0.15, -0.1) is 0 Å². The topological polar surface area (TPSA) is 64.4 Å². The number of benzene rings is 1. The van der Waals surface area contributed by atoms with Crippen LogP contribution >= 0.6 is 0 Å². The summed E-state index contributed by atoms with van der Waals surface area (Å²) in [7, 11) is 1.91. The molecular weight excluding hydrogens is 220 g/mol. The molecule has 5 nitrogen and oxygen atoms in total. The maximum atomic E-state index is 11.0. The van der Waals surface area contributed by atoms with Gasteiger partial charge in [-0.25, -0.2) is 0 Å². The summed E-state index contributed by atoms with van der Waals surface area (Å²) in [6, 6.07) is 5.65. The number of nitro groups is 1. The minimum absolute atomic E-state index is 0.0837. The fourth-order valence-corrected chi connectivity index (χ4v) is 2.04. The first-order valence-corrected chi connectivity index (χ1v) is 5.69. The number of nitro benzene ring substituents is 1.